The van der Waals surface area contributed by atoms with Gasteiger partial charge < -0.3 is 14.2 Å². The highest BCUT2D eigenvalue weighted by Gasteiger charge is 2.05. The van der Waals surface area contributed by atoms with Gasteiger partial charge in [0.1, 0.15) is 11.5 Å². The Morgan fingerprint density at radius 2 is 1.94 bits per heavy atom. The normalized spacial score (nSPS) is 14.7. The van der Waals surface area contributed by atoms with Gasteiger partial charge in [0.05, 0.1) is 7.11 Å². The molecule has 0 aromatic heterocycles. The zero-order chi connectivity index (χ0) is 12.4. The lowest BCUT2D eigenvalue weighted by Crippen LogP contribution is -1.95. The molecule has 0 atom stereocenters. The Morgan fingerprint density at radius 3 is 2.50 bits per heavy atom. The smallest absolute Gasteiger partial charge is 0.188 e. The maximum atomic E-state index is 5.33. The summed E-state index contributed by atoms with van der Waals surface area (Å²) in [6.45, 7) is 6.30. The van der Waals surface area contributed by atoms with Crippen LogP contribution in [0.1, 0.15) is 27.2 Å². The summed E-state index contributed by atoms with van der Waals surface area (Å²) in [5.74, 6) is 1.63. The van der Waals surface area contributed by atoms with Gasteiger partial charge in [0, 0.05) is 13.2 Å². The van der Waals surface area contributed by atoms with Crippen molar-refractivity contribution in [1.82, 2.24) is 0 Å². The van der Waals surface area contributed by atoms with Gasteiger partial charge in [0.25, 0.3) is 0 Å². The number of hydrogen-bond donors (Lipinski definition) is 0. The summed E-state index contributed by atoms with van der Waals surface area (Å²) < 4.78 is 15.4. The summed E-state index contributed by atoms with van der Waals surface area (Å²) in [6.07, 6.45) is 6.73. The molecule has 3 heteroatoms. The van der Waals surface area contributed by atoms with Crippen LogP contribution in [-0.2, 0) is 14.2 Å². The third-order valence-electron chi connectivity index (χ3n) is 1.96. The Kier molecular flexibility index (Phi) is 8.35. The van der Waals surface area contributed by atoms with Crippen molar-refractivity contribution in [3.63, 3.8) is 0 Å². The summed E-state index contributed by atoms with van der Waals surface area (Å²) in [5, 5.41) is 0. The average molecular weight is 226 g/mol. The maximum Gasteiger partial charge on any atom is 0.188 e. The molecule has 1 rings (SSSR count). The van der Waals surface area contributed by atoms with Crippen molar-refractivity contribution in [2.24, 2.45) is 0 Å². The van der Waals surface area contributed by atoms with Crippen LogP contribution >= 0.6 is 0 Å². The molecule has 0 saturated carbocycles. The minimum Gasteiger partial charge on any atom is -0.497 e. The van der Waals surface area contributed by atoms with E-state index in [4.69, 9.17) is 14.2 Å². The van der Waals surface area contributed by atoms with E-state index in [0.29, 0.717) is 0 Å². The summed E-state index contributed by atoms with van der Waals surface area (Å²) in [4.78, 5) is 0. The minimum atomic E-state index is 0.256. The molecule has 0 unspecified atom stereocenters. The van der Waals surface area contributed by atoms with Gasteiger partial charge in [-0.05, 0) is 25.0 Å². The largest absolute Gasteiger partial charge is 0.497 e. The zero-order valence-corrected chi connectivity index (χ0v) is 10.9. The second-order valence-corrected chi connectivity index (χ2v) is 3.05. The number of methoxy groups -OCH3 is 2. The lowest BCUT2D eigenvalue weighted by atomic mass is 10.2. The molecule has 0 aromatic rings. The van der Waals surface area contributed by atoms with Gasteiger partial charge in [-0.3, -0.25) is 0 Å². The molecule has 1 aliphatic rings. The molecule has 0 spiro atoms. The standard InChI is InChI=1S/C11H16O3.C2H6/c1-9-5-4-6-10(14-8-12-2)7-11(9)13-3;1-2/h4,6-7H,5,8H2,1-3H3;1-2H3. The molecule has 0 amide bonds. The first-order valence-corrected chi connectivity index (χ1v) is 5.51. The first-order chi connectivity index (χ1) is 7.77. The fourth-order valence-electron chi connectivity index (χ4n) is 1.20. The van der Waals surface area contributed by atoms with Crippen LogP contribution in [-0.4, -0.2) is 21.0 Å². The first-order valence-electron chi connectivity index (χ1n) is 5.51. The molecule has 0 aromatic carbocycles. The van der Waals surface area contributed by atoms with Crippen LogP contribution in [0, 0.1) is 0 Å². The van der Waals surface area contributed by atoms with Gasteiger partial charge in [-0.2, -0.15) is 0 Å². The van der Waals surface area contributed by atoms with Gasteiger partial charge in [-0.1, -0.05) is 19.9 Å². The van der Waals surface area contributed by atoms with Crippen molar-refractivity contribution >= 4 is 0 Å². The quantitative estimate of drug-likeness (QED) is 0.688. The highest BCUT2D eigenvalue weighted by molar-refractivity contribution is 5.31. The van der Waals surface area contributed by atoms with Crippen LogP contribution in [0.4, 0.5) is 0 Å². The van der Waals surface area contributed by atoms with E-state index in [0.717, 1.165) is 17.9 Å². The minimum absolute atomic E-state index is 0.256. The monoisotopic (exact) mass is 226 g/mol. The summed E-state index contributed by atoms with van der Waals surface area (Å²) in [7, 11) is 3.26. The van der Waals surface area contributed by atoms with Crippen LogP contribution in [0.25, 0.3) is 0 Å². The van der Waals surface area contributed by atoms with Crippen molar-refractivity contribution in [1.29, 1.82) is 0 Å². The van der Waals surface area contributed by atoms with E-state index in [1.165, 1.54) is 5.57 Å². The highest BCUT2D eigenvalue weighted by Crippen LogP contribution is 2.18. The van der Waals surface area contributed by atoms with E-state index in [1.807, 2.05) is 39.0 Å². The van der Waals surface area contributed by atoms with Crippen LogP contribution < -0.4 is 0 Å². The third kappa shape index (κ3) is 5.03. The zero-order valence-electron chi connectivity index (χ0n) is 10.9. The fourth-order valence-corrected chi connectivity index (χ4v) is 1.20. The van der Waals surface area contributed by atoms with Gasteiger partial charge in [0.15, 0.2) is 6.79 Å². The SMILES string of the molecule is CC.COCOC1=CC(OC)=C(C)CC=C1. The first kappa shape index (κ1) is 14.8. The Balaban J connectivity index is 0.00000106. The highest BCUT2D eigenvalue weighted by atomic mass is 16.7. The van der Waals surface area contributed by atoms with Crippen molar-refractivity contribution in [3.8, 4) is 0 Å². The Hall–Kier alpha value is -1.22. The van der Waals surface area contributed by atoms with E-state index in [-0.39, 0.29) is 6.79 Å². The van der Waals surface area contributed by atoms with Crippen molar-refractivity contribution in [2.75, 3.05) is 21.0 Å². The molecule has 0 N–H and O–H groups in total. The molecule has 0 saturated heterocycles. The van der Waals surface area contributed by atoms with Crippen molar-refractivity contribution in [2.45, 2.75) is 27.2 Å². The Bertz CT molecular complexity index is 275. The third-order valence-corrected chi connectivity index (χ3v) is 1.96. The van der Waals surface area contributed by atoms with E-state index < -0.39 is 0 Å². The van der Waals surface area contributed by atoms with Crippen molar-refractivity contribution < 1.29 is 14.2 Å². The molecular weight excluding hydrogens is 204 g/mol. The van der Waals surface area contributed by atoms with E-state index >= 15 is 0 Å². The van der Waals surface area contributed by atoms with E-state index in [9.17, 15) is 0 Å². The predicted octanol–water partition coefficient (Wildman–Crippen LogP) is 3.40. The van der Waals surface area contributed by atoms with E-state index in [2.05, 4.69) is 0 Å². The van der Waals surface area contributed by atoms with E-state index in [1.54, 1.807) is 14.2 Å². The molecule has 1 aliphatic carbocycles. The average Bonchev–Trinajstić information content (AvgIpc) is 2.51. The molecule has 16 heavy (non-hydrogen) atoms. The predicted molar refractivity (Wildman–Crippen MR) is 65.9 cm³/mol. The summed E-state index contributed by atoms with van der Waals surface area (Å²) in [6, 6.07) is 0. The Morgan fingerprint density at radius 1 is 1.25 bits per heavy atom. The van der Waals surface area contributed by atoms with Crippen LogP contribution in [0.2, 0.25) is 0 Å². The van der Waals surface area contributed by atoms with Crippen LogP contribution in [0.3, 0.4) is 0 Å². The maximum absolute atomic E-state index is 5.33. The molecule has 92 valence electrons. The van der Waals surface area contributed by atoms with Gasteiger partial charge in [-0.15, -0.1) is 0 Å². The topological polar surface area (TPSA) is 27.7 Å². The molecule has 0 radical (unpaired) electrons. The second-order valence-electron chi connectivity index (χ2n) is 3.05. The number of allylic oxidation sites excluding steroid dienone is 4. The van der Waals surface area contributed by atoms with Gasteiger partial charge >= 0.3 is 0 Å². The summed E-state index contributed by atoms with van der Waals surface area (Å²) in [5.41, 5.74) is 1.19. The van der Waals surface area contributed by atoms with Crippen LogP contribution in [0.15, 0.2) is 35.3 Å². The van der Waals surface area contributed by atoms with Crippen LogP contribution in [0.5, 0.6) is 0 Å². The fraction of sp³-hybridized carbons (Fsp3) is 0.538. The number of ether oxygens (including phenoxy) is 3. The second kappa shape index (κ2) is 9.04. The number of rotatable bonds is 4. The Labute approximate surface area is 98.4 Å². The molecular formula is C13H22O3. The molecule has 0 aliphatic heterocycles. The molecule has 3 nitrogen and oxygen atoms in total. The molecule has 0 bridgehead atoms. The van der Waals surface area contributed by atoms with Crippen molar-refractivity contribution in [3.05, 3.63) is 35.3 Å². The van der Waals surface area contributed by atoms with Gasteiger partial charge in [-0.25, -0.2) is 0 Å². The van der Waals surface area contributed by atoms with Gasteiger partial charge in [0.2, 0.25) is 0 Å². The lowest BCUT2D eigenvalue weighted by Gasteiger charge is -2.06. The molecule has 0 fully saturated rings. The lowest BCUT2D eigenvalue weighted by molar-refractivity contribution is 0.00974. The molecule has 0 heterocycles. The summed E-state index contributed by atoms with van der Waals surface area (Å²) >= 11 is 0. The number of hydrogen-bond acceptors (Lipinski definition) is 3.